The number of ether oxygens (including phenoxy) is 1. The number of halogens is 1. The summed E-state index contributed by atoms with van der Waals surface area (Å²) in [6.07, 6.45) is 1.21. The van der Waals surface area contributed by atoms with Crippen molar-refractivity contribution in [3.63, 3.8) is 0 Å². The fourth-order valence-electron chi connectivity index (χ4n) is 0.961. The Kier molecular flexibility index (Phi) is 3.25. The van der Waals surface area contributed by atoms with Crippen molar-refractivity contribution in [2.24, 2.45) is 0 Å². The average Bonchev–Trinajstić information content (AvgIpc) is 2.58. The van der Waals surface area contributed by atoms with E-state index in [1.807, 2.05) is 0 Å². The van der Waals surface area contributed by atoms with Gasteiger partial charge in [0.1, 0.15) is 0 Å². The highest BCUT2D eigenvalue weighted by Crippen LogP contribution is 2.23. The van der Waals surface area contributed by atoms with Crippen LogP contribution in [0.25, 0.3) is 0 Å². The lowest BCUT2D eigenvalue weighted by molar-refractivity contribution is -0.389. The van der Waals surface area contributed by atoms with Crippen molar-refractivity contribution in [3.8, 4) is 0 Å². The molecule has 1 heterocycles. The zero-order chi connectivity index (χ0) is 11.6. The van der Waals surface area contributed by atoms with E-state index in [-0.39, 0.29) is 5.02 Å². The standard InChI is InChI=1S/C7H8ClN3O4/c1-4(7(12)15-2)10-3-5(8)6(9-10)11(13)14/h3-4H,1-2H3. The van der Waals surface area contributed by atoms with Gasteiger partial charge in [0.25, 0.3) is 0 Å². The van der Waals surface area contributed by atoms with Crippen molar-refractivity contribution < 1.29 is 14.5 Å². The van der Waals surface area contributed by atoms with Gasteiger partial charge in [0.15, 0.2) is 11.1 Å². The molecule has 82 valence electrons. The molecule has 0 saturated heterocycles. The molecule has 1 rings (SSSR count). The molecule has 7 nitrogen and oxygen atoms in total. The number of aromatic nitrogens is 2. The largest absolute Gasteiger partial charge is 0.467 e. The van der Waals surface area contributed by atoms with Gasteiger partial charge >= 0.3 is 11.8 Å². The average molecular weight is 234 g/mol. The van der Waals surface area contributed by atoms with Gasteiger partial charge in [0.2, 0.25) is 0 Å². The number of carbonyl (C=O) groups is 1. The molecule has 0 aliphatic rings. The molecular weight excluding hydrogens is 226 g/mol. The van der Waals surface area contributed by atoms with Crippen LogP contribution in [0.5, 0.6) is 0 Å². The molecule has 1 aromatic heterocycles. The minimum atomic E-state index is -0.749. The van der Waals surface area contributed by atoms with Gasteiger partial charge < -0.3 is 14.9 Å². The predicted octanol–water partition coefficient (Wildman–Crippen LogP) is 1.18. The first-order valence-electron chi connectivity index (χ1n) is 3.94. The highest BCUT2D eigenvalue weighted by Gasteiger charge is 2.25. The fourth-order valence-corrected chi connectivity index (χ4v) is 1.17. The van der Waals surface area contributed by atoms with Gasteiger partial charge in [-0.2, -0.15) is 4.68 Å². The lowest BCUT2D eigenvalue weighted by Crippen LogP contribution is -2.18. The number of nitro groups is 1. The molecule has 1 aromatic rings. The zero-order valence-corrected chi connectivity index (χ0v) is 8.76. The molecule has 0 aliphatic heterocycles. The van der Waals surface area contributed by atoms with E-state index in [0.29, 0.717) is 0 Å². The van der Waals surface area contributed by atoms with Crippen LogP contribution in [0.15, 0.2) is 6.20 Å². The topological polar surface area (TPSA) is 87.3 Å². The van der Waals surface area contributed by atoms with Crippen LogP contribution in [0.2, 0.25) is 5.02 Å². The molecule has 0 aromatic carbocycles. The van der Waals surface area contributed by atoms with Gasteiger partial charge in [0, 0.05) is 0 Å². The molecule has 0 amide bonds. The maximum atomic E-state index is 11.1. The maximum absolute atomic E-state index is 11.1. The summed E-state index contributed by atoms with van der Waals surface area (Å²) in [5.74, 6) is -1.03. The number of esters is 1. The molecule has 0 saturated carbocycles. The van der Waals surface area contributed by atoms with E-state index >= 15 is 0 Å². The lowest BCUT2D eigenvalue weighted by atomic mass is 10.3. The summed E-state index contributed by atoms with van der Waals surface area (Å²) < 4.78 is 5.55. The van der Waals surface area contributed by atoms with E-state index in [4.69, 9.17) is 11.6 Å². The van der Waals surface area contributed by atoms with Gasteiger partial charge in [0.05, 0.1) is 18.4 Å². The summed E-state index contributed by atoms with van der Waals surface area (Å²) in [6, 6.07) is -0.749. The van der Waals surface area contributed by atoms with Crippen molar-refractivity contribution in [3.05, 3.63) is 21.3 Å². The van der Waals surface area contributed by atoms with Crippen molar-refractivity contribution in [1.29, 1.82) is 0 Å². The minimum absolute atomic E-state index is 0.115. The summed E-state index contributed by atoms with van der Waals surface area (Å²) in [6.45, 7) is 1.50. The fraction of sp³-hybridized carbons (Fsp3) is 0.429. The smallest absolute Gasteiger partial charge is 0.408 e. The Labute approximate surface area is 89.7 Å². The first kappa shape index (κ1) is 11.4. The molecule has 0 fully saturated rings. The molecule has 0 spiro atoms. The molecule has 0 N–H and O–H groups in total. The highest BCUT2D eigenvalue weighted by atomic mass is 35.5. The molecule has 1 atom stereocenters. The quantitative estimate of drug-likeness (QED) is 0.444. The summed E-state index contributed by atoms with van der Waals surface area (Å²) in [5, 5.41) is 13.9. The van der Waals surface area contributed by atoms with Crippen molar-refractivity contribution in [2.45, 2.75) is 13.0 Å². The monoisotopic (exact) mass is 233 g/mol. The van der Waals surface area contributed by atoms with Crippen molar-refractivity contribution in [2.75, 3.05) is 7.11 Å². The lowest BCUT2D eigenvalue weighted by Gasteiger charge is -2.04. The summed E-state index contributed by atoms with van der Waals surface area (Å²) >= 11 is 5.55. The molecule has 8 heteroatoms. The van der Waals surface area contributed by atoms with Crippen LogP contribution < -0.4 is 0 Å². The molecule has 0 aliphatic carbocycles. The van der Waals surface area contributed by atoms with E-state index in [0.717, 1.165) is 4.68 Å². The van der Waals surface area contributed by atoms with Crippen LogP contribution in [0, 0.1) is 10.1 Å². The second-order valence-electron chi connectivity index (χ2n) is 2.74. The van der Waals surface area contributed by atoms with Gasteiger partial charge in [-0.15, -0.1) is 0 Å². The van der Waals surface area contributed by atoms with Gasteiger partial charge in [-0.3, -0.25) is 0 Å². The highest BCUT2D eigenvalue weighted by molar-refractivity contribution is 6.32. The second-order valence-corrected chi connectivity index (χ2v) is 3.14. The van der Waals surface area contributed by atoms with Gasteiger partial charge in [-0.05, 0) is 11.8 Å². The molecule has 15 heavy (non-hydrogen) atoms. The Morgan fingerprint density at radius 3 is 2.80 bits per heavy atom. The molecular formula is C7H8ClN3O4. The van der Waals surface area contributed by atoms with Crippen LogP contribution in [-0.4, -0.2) is 27.8 Å². The first-order chi connectivity index (χ1) is 6.97. The Bertz CT molecular complexity index is 403. The third-order valence-electron chi connectivity index (χ3n) is 1.78. The third-order valence-corrected chi connectivity index (χ3v) is 2.05. The third kappa shape index (κ3) is 2.24. The SMILES string of the molecule is COC(=O)C(C)n1cc(Cl)c([N+](=O)[O-])n1. The Morgan fingerprint density at radius 2 is 2.40 bits per heavy atom. The van der Waals surface area contributed by atoms with Gasteiger partial charge in [-0.25, -0.2) is 4.79 Å². The van der Waals surface area contributed by atoms with E-state index in [1.165, 1.54) is 20.2 Å². The first-order valence-corrected chi connectivity index (χ1v) is 4.32. The number of hydrogen-bond acceptors (Lipinski definition) is 5. The number of hydrogen-bond donors (Lipinski definition) is 0. The number of carbonyl (C=O) groups excluding carboxylic acids is 1. The second kappa shape index (κ2) is 4.26. The van der Waals surface area contributed by atoms with E-state index in [9.17, 15) is 14.9 Å². The minimum Gasteiger partial charge on any atom is -0.467 e. The van der Waals surface area contributed by atoms with E-state index < -0.39 is 22.8 Å². The van der Waals surface area contributed by atoms with Gasteiger partial charge in [-0.1, -0.05) is 11.6 Å². The van der Waals surface area contributed by atoms with E-state index in [1.54, 1.807) is 0 Å². The van der Waals surface area contributed by atoms with Crippen LogP contribution in [-0.2, 0) is 9.53 Å². The van der Waals surface area contributed by atoms with Crippen LogP contribution >= 0.6 is 11.6 Å². The van der Waals surface area contributed by atoms with Crippen LogP contribution in [0.4, 0.5) is 5.82 Å². The Hall–Kier alpha value is -1.63. The predicted molar refractivity (Wildman–Crippen MR) is 50.6 cm³/mol. The number of rotatable bonds is 3. The zero-order valence-electron chi connectivity index (χ0n) is 8.01. The summed E-state index contributed by atoms with van der Waals surface area (Å²) in [5.41, 5.74) is 0. The maximum Gasteiger partial charge on any atom is 0.408 e. The van der Waals surface area contributed by atoms with E-state index in [2.05, 4.69) is 9.84 Å². The van der Waals surface area contributed by atoms with Crippen LogP contribution in [0.3, 0.4) is 0 Å². The molecule has 0 radical (unpaired) electrons. The molecule has 1 unspecified atom stereocenters. The Balaban J connectivity index is 3.02. The summed E-state index contributed by atoms with van der Waals surface area (Å²) in [7, 11) is 1.22. The number of nitrogens with zero attached hydrogens (tertiary/aromatic N) is 3. The number of methoxy groups -OCH3 is 1. The summed E-state index contributed by atoms with van der Waals surface area (Å²) in [4.78, 5) is 20.8. The normalized spacial score (nSPS) is 12.2. The van der Waals surface area contributed by atoms with Crippen LogP contribution in [0.1, 0.15) is 13.0 Å². The Morgan fingerprint density at radius 1 is 1.80 bits per heavy atom. The van der Waals surface area contributed by atoms with Crippen molar-refractivity contribution in [1.82, 2.24) is 9.78 Å². The molecule has 0 bridgehead atoms. The van der Waals surface area contributed by atoms with Crippen molar-refractivity contribution >= 4 is 23.4 Å².